The van der Waals surface area contributed by atoms with Crippen LogP contribution in [-0.2, 0) is 4.57 Å². The van der Waals surface area contributed by atoms with Crippen LogP contribution in [0.15, 0.2) is 24.3 Å². The van der Waals surface area contributed by atoms with Crippen molar-refractivity contribution in [3.63, 3.8) is 0 Å². The third-order valence-electron chi connectivity index (χ3n) is 5.07. The Morgan fingerprint density at radius 1 is 0.800 bits per heavy atom. The Morgan fingerprint density at radius 3 is 1.47 bits per heavy atom. The molecule has 0 spiro atoms. The third-order valence-corrected chi connectivity index (χ3v) is 7.74. The number of non-ortho nitro benzene ring substituents is 1. The van der Waals surface area contributed by atoms with Crippen LogP contribution in [-0.4, -0.2) is 40.4 Å². The number of hydrogen-bond acceptors (Lipinski definition) is 4. The van der Waals surface area contributed by atoms with E-state index in [2.05, 4.69) is 27.7 Å². The standard InChI is InChI=1S/C22H40N3O4P/c1-5-9-17-23(18-10-6-2)30(28,24(19-11-7-3)20-12-8-4)29-22-15-13-21(14-16-22)25(26)27/h13-16H,5-12,17-20H2,1-4H3. The van der Waals surface area contributed by atoms with Crippen LogP contribution in [0.5, 0.6) is 5.75 Å². The van der Waals surface area contributed by atoms with Gasteiger partial charge >= 0.3 is 7.67 Å². The highest BCUT2D eigenvalue weighted by atomic mass is 31.2. The number of hydrogen-bond donors (Lipinski definition) is 0. The molecule has 0 atom stereocenters. The second-order valence-electron chi connectivity index (χ2n) is 7.65. The molecule has 1 aromatic carbocycles. The van der Waals surface area contributed by atoms with Gasteiger partial charge < -0.3 is 4.52 Å². The van der Waals surface area contributed by atoms with Crippen molar-refractivity contribution in [2.24, 2.45) is 0 Å². The number of rotatable bonds is 17. The predicted octanol–water partition coefficient (Wildman–Crippen LogP) is 6.89. The van der Waals surface area contributed by atoms with Crippen LogP contribution in [0, 0.1) is 10.1 Å². The molecule has 1 rings (SSSR count). The SMILES string of the molecule is CCCCN(CCCC)P(=O)(Oc1ccc([N+](=O)[O-])cc1)N(CCCC)CCCC. The first kappa shape index (κ1) is 26.6. The topological polar surface area (TPSA) is 75.9 Å². The van der Waals surface area contributed by atoms with E-state index in [4.69, 9.17) is 4.52 Å². The molecule has 0 N–H and O–H groups in total. The lowest BCUT2D eigenvalue weighted by Gasteiger charge is -2.38. The summed E-state index contributed by atoms with van der Waals surface area (Å²) in [5, 5.41) is 11.0. The Bertz CT molecular complexity index is 614. The van der Waals surface area contributed by atoms with E-state index in [1.165, 1.54) is 12.1 Å². The summed E-state index contributed by atoms with van der Waals surface area (Å²) in [6, 6.07) is 5.93. The van der Waals surface area contributed by atoms with E-state index in [-0.39, 0.29) is 5.69 Å². The molecule has 8 heteroatoms. The molecule has 7 nitrogen and oxygen atoms in total. The van der Waals surface area contributed by atoms with Crippen molar-refractivity contribution in [2.75, 3.05) is 26.2 Å². The first-order chi connectivity index (χ1) is 14.4. The summed E-state index contributed by atoms with van der Waals surface area (Å²) in [5.41, 5.74) is -0.000161. The summed E-state index contributed by atoms with van der Waals surface area (Å²) in [6.45, 7) is 11.4. The van der Waals surface area contributed by atoms with E-state index in [9.17, 15) is 14.7 Å². The van der Waals surface area contributed by atoms with E-state index >= 15 is 0 Å². The van der Waals surface area contributed by atoms with Crippen molar-refractivity contribution in [2.45, 2.75) is 79.1 Å². The molecule has 0 unspecified atom stereocenters. The van der Waals surface area contributed by atoms with Crippen molar-refractivity contribution in [1.29, 1.82) is 0 Å². The minimum absolute atomic E-state index is 0.000161. The summed E-state index contributed by atoms with van der Waals surface area (Å²) in [4.78, 5) is 10.5. The summed E-state index contributed by atoms with van der Waals surface area (Å²) < 4.78 is 24.8. The van der Waals surface area contributed by atoms with Crippen molar-refractivity contribution in [3.8, 4) is 5.75 Å². The number of nitro groups is 1. The Morgan fingerprint density at radius 2 is 1.17 bits per heavy atom. The van der Waals surface area contributed by atoms with Gasteiger partial charge in [0.15, 0.2) is 0 Å². The Balaban J connectivity index is 3.29. The van der Waals surface area contributed by atoms with Crippen molar-refractivity contribution in [1.82, 2.24) is 9.34 Å². The number of nitro benzene ring substituents is 1. The van der Waals surface area contributed by atoms with Crippen LogP contribution in [0.2, 0.25) is 0 Å². The van der Waals surface area contributed by atoms with Crippen molar-refractivity contribution in [3.05, 3.63) is 34.4 Å². The molecule has 30 heavy (non-hydrogen) atoms. The molecule has 0 heterocycles. The van der Waals surface area contributed by atoms with Crippen LogP contribution >= 0.6 is 7.67 Å². The number of nitrogens with zero attached hydrogens (tertiary/aromatic N) is 3. The minimum atomic E-state index is -3.32. The van der Waals surface area contributed by atoms with Gasteiger partial charge in [-0.05, 0) is 37.8 Å². The molecule has 0 aliphatic rings. The second kappa shape index (κ2) is 14.6. The fourth-order valence-corrected chi connectivity index (χ4v) is 5.71. The maximum absolute atomic E-state index is 14.5. The zero-order chi connectivity index (χ0) is 22.4. The van der Waals surface area contributed by atoms with E-state index < -0.39 is 12.6 Å². The largest absolute Gasteiger partial charge is 0.422 e. The van der Waals surface area contributed by atoms with E-state index in [1.807, 2.05) is 9.34 Å². The smallest absolute Gasteiger partial charge is 0.395 e. The van der Waals surface area contributed by atoms with Gasteiger partial charge in [0, 0.05) is 38.3 Å². The number of unbranched alkanes of at least 4 members (excludes halogenated alkanes) is 4. The first-order valence-electron chi connectivity index (χ1n) is 11.5. The normalized spacial score (nSPS) is 11.9. The molecule has 1 aromatic rings. The quantitative estimate of drug-likeness (QED) is 0.149. The fourth-order valence-electron chi connectivity index (χ4n) is 3.15. The highest BCUT2D eigenvalue weighted by Gasteiger charge is 2.39. The molecule has 0 aliphatic heterocycles. The Kier molecular flexibility index (Phi) is 12.9. The zero-order valence-electron chi connectivity index (χ0n) is 19.2. The Labute approximate surface area is 182 Å². The highest BCUT2D eigenvalue weighted by molar-refractivity contribution is 7.54. The molecular formula is C22H40N3O4P. The highest BCUT2D eigenvalue weighted by Crippen LogP contribution is 2.54. The molecule has 0 aromatic heterocycles. The van der Waals surface area contributed by atoms with Gasteiger partial charge in [-0.25, -0.2) is 13.9 Å². The fraction of sp³-hybridized carbons (Fsp3) is 0.727. The van der Waals surface area contributed by atoms with Crippen molar-refractivity contribution >= 4 is 13.4 Å². The van der Waals surface area contributed by atoms with E-state index in [0.29, 0.717) is 5.75 Å². The summed E-state index contributed by atoms with van der Waals surface area (Å²) >= 11 is 0. The lowest BCUT2D eigenvalue weighted by Crippen LogP contribution is -2.37. The average molecular weight is 442 g/mol. The minimum Gasteiger partial charge on any atom is -0.422 e. The lowest BCUT2D eigenvalue weighted by molar-refractivity contribution is -0.384. The van der Waals surface area contributed by atoms with Crippen LogP contribution in [0.4, 0.5) is 5.69 Å². The van der Waals surface area contributed by atoms with Gasteiger partial charge in [-0.1, -0.05) is 53.4 Å². The molecule has 0 saturated heterocycles. The monoisotopic (exact) mass is 441 g/mol. The van der Waals surface area contributed by atoms with Gasteiger partial charge in [0.25, 0.3) is 5.69 Å². The maximum Gasteiger partial charge on any atom is 0.395 e. The van der Waals surface area contributed by atoms with Gasteiger partial charge in [-0.3, -0.25) is 10.1 Å². The lowest BCUT2D eigenvalue weighted by atomic mass is 10.3. The predicted molar refractivity (Wildman–Crippen MR) is 124 cm³/mol. The molecule has 0 fully saturated rings. The van der Waals surface area contributed by atoms with Crippen LogP contribution in [0.3, 0.4) is 0 Å². The van der Waals surface area contributed by atoms with E-state index in [1.54, 1.807) is 12.1 Å². The van der Waals surface area contributed by atoms with Crippen LogP contribution < -0.4 is 4.52 Å². The van der Waals surface area contributed by atoms with Gasteiger partial charge in [0.1, 0.15) is 5.75 Å². The molecule has 0 saturated carbocycles. The zero-order valence-corrected chi connectivity index (χ0v) is 20.1. The van der Waals surface area contributed by atoms with Gasteiger partial charge in [-0.15, -0.1) is 0 Å². The van der Waals surface area contributed by atoms with Crippen molar-refractivity contribution < 1.29 is 14.0 Å². The summed E-state index contributed by atoms with van der Waals surface area (Å²) in [7, 11) is -3.32. The number of benzene rings is 1. The second-order valence-corrected chi connectivity index (χ2v) is 9.95. The molecular weight excluding hydrogens is 401 g/mol. The summed E-state index contributed by atoms with van der Waals surface area (Å²) in [6.07, 6.45) is 7.88. The Hall–Kier alpha value is -1.43. The molecule has 0 radical (unpaired) electrons. The molecule has 0 aliphatic carbocycles. The van der Waals surface area contributed by atoms with Crippen LogP contribution in [0.25, 0.3) is 0 Å². The summed E-state index contributed by atoms with van der Waals surface area (Å²) in [5.74, 6) is 0.417. The van der Waals surface area contributed by atoms with Gasteiger partial charge in [0.2, 0.25) is 0 Å². The van der Waals surface area contributed by atoms with Crippen LogP contribution in [0.1, 0.15) is 79.1 Å². The van der Waals surface area contributed by atoms with Gasteiger partial charge in [-0.2, -0.15) is 0 Å². The average Bonchev–Trinajstić information content (AvgIpc) is 2.74. The molecule has 0 amide bonds. The third kappa shape index (κ3) is 8.37. The molecule has 172 valence electrons. The first-order valence-corrected chi connectivity index (χ1v) is 13.0. The molecule has 0 bridgehead atoms. The van der Waals surface area contributed by atoms with Gasteiger partial charge in [0.05, 0.1) is 4.92 Å². The van der Waals surface area contributed by atoms with E-state index in [0.717, 1.165) is 77.5 Å². The maximum atomic E-state index is 14.5.